The Bertz CT molecular complexity index is 328. The maximum Gasteiger partial charge on any atom is 0.326 e. The van der Waals surface area contributed by atoms with E-state index in [-0.39, 0.29) is 12.3 Å². The van der Waals surface area contributed by atoms with Gasteiger partial charge in [-0.3, -0.25) is 4.79 Å². The van der Waals surface area contributed by atoms with Crippen molar-refractivity contribution in [1.29, 1.82) is 0 Å². The summed E-state index contributed by atoms with van der Waals surface area (Å²) in [6.07, 6.45) is 3.58. The number of hydrogen-bond acceptors (Lipinski definition) is 4. The van der Waals surface area contributed by atoms with Crippen LogP contribution in [-0.2, 0) is 14.4 Å². The molecule has 1 amide bonds. The Morgan fingerprint density at radius 3 is 2.56 bits per heavy atom. The van der Waals surface area contributed by atoms with Crippen molar-refractivity contribution in [3.05, 3.63) is 0 Å². The molecule has 1 atom stereocenters. The monoisotopic (exact) mass is 256 g/mol. The van der Waals surface area contributed by atoms with E-state index < -0.39 is 18.0 Å². The Balaban J connectivity index is 2.19. The van der Waals surface area contributed by atoms with Crippen molar-refractivity contribution < 1.29 is 24.6 Å². The highest BCUT2D eigenvalue weighted by atomic mass is 16.4. The van der Waals surface area contributed by atoms with Crippen LogP contribution in [0.2, 0.25) is 0 Å². The van der Waals surface area contributed by atoms with Crippen LogP contribution in [0.5, 0.6) is 0 Å². The zero-order valence-corrected chi connectivity index (χ0v) is 10.3. The third kappa shape index (κ3) is 4.35. The van der Waals surface area contributed by atoms with Crippen LogP contribution in [-0.4, -0.2) is 40.4 Å². The third-order valence-electron chi connectivity index (χ3n) is 3.14. The Kier molecular flexibility index (Phi) is 5.61. The van der Waals surface area contributed by atoms with Gasteiger partial charge in [-0.2, -0.15) is 0 Å². The first-order valence-corrected chi connectivity index (χ1v) is 6.24. The fourth-order valence-corrected chi connectivity index (χ4v) is 2.18. The third-order valence-corrected chi connectivity index (χ3v) is 3.14. The van der Waals surface area contributed by atoms with E-state index in [1.54, 1.807) is 0 Å². The van der Waals surface area contributed by atoms with E-state index in [1.807, 2.05) is 0 Å². The van der Waals surface area contributed by atoms with E-state index in [4.69, 9.17) is 5.11 Å². The Morgan fingerprint density at radius 2 is 1.94 bits per heavy atom. The van der Waals surface area contributed by atoms with Crippen LogP contribution in [0.3, 0.4) is 0 Å². The van der Waals surface area contributed by atoms with Crippen LogP contribution in [0.15, 0.2) is 0 Å². The molecule has 6 heteroatoms. The highest BCUT2D eigenvalue weighted by Crippen LogP contribution is 2.19. The molecule has 1 unspecified atom stereocenters. The van der Waals surface area contributed by atoms with Crippen molar-refractivity contribution >= 4 is 17.8 Å². The summed E-state index contributed by atoms with van der Waals surface area (Å²) in [5.41, 5.74) is 0. The summed E-state index contributed by atoms with van der Waals surface area (Å²) >= 11 is 0. The fraction of sp³-hybridized carbons (Fsp3) is 0.750. The highest BCUT2D eigenvalue weighted by molar-refractivity contribution is 5.87. The van der Waals surface area contributed by atoms with Gasteiger partial charge in [0.25, 0.3) is 0 Å². The van der Waals surface area contributed by atoms with Crippen molar-refractivity contribution in [2.45, 2.75) is 51.0 Å². The molecule has 1 aliphatic heterocycles. The summed E-state index contributed by atoms with van der Waals surface area (Å²) in [7, 11) is 0. The molecule has 0 aromatic carbocycles. The van der Waals surface area contributed by atoms with Gasteiger partial charge in [-0.1, -0.05) is 12.8 Å². The number of hydrogen-bond donors (Lipinski definition) is 1. The normalized spacial score (nSPS) is 19.2. The second kappa shape index (κ2) is 6.98. The molecule has 1 N–H and O–H groups in total. The molecule has 1 heterocycles. The molecular formula is C12H18NO5-. The molecule has 1 rings (SSSR count). The molecule has 1 fully saturated rings. The van der Waals surface area contributed by atoms with Gasteiger partial charge in [0.2, 0.25) is 5.91 Å². The molecule has 0 radical (unpaired) electrons. The molecular weight excluding hydrogens is 238 g/mol. The van der Waals surface area contributed by atoms with Crippen LogP contribution in [0.25, 0.3) is 0 Å². The van der Waals surface area contributed by atoms with Crippen molar-refractivity contribution in [3.8, 4) is 0 Å². The molecule has 0 spiro atoms. The van der Waals surface area contributed by atoms with Gasteiger partial charge in [-0.15, -0.1) is 0 Å². The Hall–Kier alpha value is -1.59. The second-order valence-electron chi connectivity index (χ2n) is 4.52. The summed E-state index contributed by atoms with van der Waals surface area (Å²) < 4.78 is 0. The van der Waals surface area contributed by atoms with Gasteiger partial charge in [0.05, 0.1) is 0 Å². The largest absolute Gasteiger partial charge is 0.550 e. The van der Waals surface area contributed by atoms with Crippen molar-refractivity contribution in [3.63, 3.8) is 0 Å². The smallest absolute Gasteiger partial charge is 0.326 e. The first kappa shape index (κ1) is 14.5. The number of unbranched alkanes of at least 4 members (excludes halogenated alkanes) is 3. The molecule has 0 bridgehead atoms. The van der Waals surface area contributed by atoms with E-state index in [1.165, 1.54) is 4.90 Å². The lowest BCUT2D eigenvalue weighted by molar-refractivity contribution is -0.305. The molecule has 0 aromatic rings. The number of rotatable bonds is 8. The standard InChI is InChI=1S/C12H19NO5/c14-10-7-6-9(12(17)18)13(10)8-4-2-1-3-5-11(15)16/h9H,1-8H2,(H,15,16)(H,17,18)/p-1. The van der Waals surface area contributed by atoms with E-state index in [2.05, 4.69) is 0 Å². The number of carboxylic acid groups (broad SMARTS) is 2. The summed E-state index contributed by atoms with van der Waals surface area (Å²) in [4.78, 5) is 34.0. The maximum absolute atomic E-state index is 11.5. The van der Waals surface area contributed by atoms with E-state index in [0.717, 1.165) is 12.8 Å². The average Bonchev–Trinajstić information content (AvgIpc) is 2.65. The number of carbonyl (C=O) groups excluding carboxylic acids is 2. The number of carboxylic acids is 2. The van der Waals surface area contributed by atoms with Crippen molar-refractivity contribution in [1.82, 2.24) is 4.90 Å². The van der Waals surface area contributed by atoms with Gasteiger partial charge < -0.3 is 19.9 Å². The van der Waals surface area contributed by atoms with Gasteiger partial charge in [0, 0.05) is 18.9 Å². The number of aliphatic carboxylic acids is 2. The summed E-state index contributed by atoms with van der Waals surface area (Å²) in [5.74, 6) is -2.09. The predicted octanol–water partition coefficient (Wildman–Crippen LogP) is -0.238. The maximum atomic E-state index is 11.5. The molecule has 6 nitrogen and oxygen atoms in total. The number of carbonyl (C=O) groups is 3. The summed E-state index contributed by atoms with van der Waals surface area (Å²) in [6, 6.07) is -0.680. The Labute approximate surface area is 106 Å². The fourth-order valence-electron chi connectivity index (χ4n) is 2.18. The van der Waals surface area contributed by atoms with Crippen LogP contribution < -0.4 is 5.11 Å². The summed E-state index contributed by atoms with van der Waals surface area (Å²) in [6.45, 7) is 0.446. The highest BCUT2D eigenvalue weighted by Gasteiger charge is 2.35. The minimum Gasteiger partial charge on any atom is -0.550 e. The lowest BCUT2D eigenvalue weighted by Gasteiger charge is -2.21. The summed E-state index contributed by atoms with van der Waals surface area (Å²) in [5, 5.41) is 19.1. The number of likely N-dealkylation sites (tertiary alicyclic amines) is 1. The SMILES string of the molecule is O=C([O-])CCCCCCN1C(=O)CCC1C(=O)O. The minimum atomic E-state index is -1.05. The molecule has 1 saturated heterocycles. The Morgan fingerprint density at radius 1 is 1.28 bits per heavy atom. The van der Waals surface area contributed by atoms with Gasteiger partial charge in [-0.05, 0) is 25.7 Å². The van der Waals surface area contributed by atoms with Gasteiger partial charge in [-0.25, -0.2) is 4.79 Å². The molecule has 1 aliphatic rings. The van der Waals surface area contributed by atoms with Crippen LogP contribution in [0.1, 0.15) is 44.9 Å². The van der Waals surface area contributed by atoms with Crippen LogP contribution in [0.4, 0.5) is 0 Å². The van der Waals surface area contributed by atoms with Crippen molar-refractivity contribution in [2.75, 3.05) is 6.54 Å². The van der Waals surface area contributed by atoms with Crippen LogP contribution in [0, 0.1) is 0 Å². The molecule has 0 aliphatic carbocycles. The molecule has 102 valence electrons. The minimum absolute atomic E-state index is 0.0559. The van der Waals surface area contributed by atoms with Gasteiger partial charge >= 0.3 is 5.97 Å². The molecule has 0 aromatic heterocycles. The van der Waals surface area contributed by atoms with E-state index >= 15 is 0 Å². The molecule has 18 heavy (non-hydrogen) atoms. The second-order valence-corrected chi connectivity index (χ2v) is 4.52. The number of nitrogens with zero attached hydrogens (tertiary/aromatic N) is 1. The molecule has 0 saturated carbocycles. The first-order valence-electron chi connectivity index (χ1n) is 6.24. The van der Waals surface area contributed by atoms with E-state index in [9.17, 15) is 19.5 Å². The van der Waals surface area contributed by atoms with Crippen LogP contribution >= 0.6 is 0 Å². The first-order chi connectivity index (χ1) is 8.52. The topological polar surface area (TPSA) is 97.7 Å². The van der Waals surface area contributed by atoms with Gasteiger partial charge in [0.15, 0.2) is 0 Å². The zero-order chi connectivity index (χ0) is 13.5. The zero-order valence-electron chi connectivity index (χ0n) is 10.3. The lowest BCUT2D eigenvalue weighted by Crippen LogP contribution is -2.39. The number of amides is 1. The lowest BCUT2D eigenvalue weighted by atomic mass is 10.1. The van der Waals surface area contributed by atoms with Crippen molar-refractivity contribution in [2.24, 2.45) is 0 Å². The van der Waals surface area contributed by atoms with Gasteiger partial charge in [0.1, 0.15) is 6.04 Å². The predicted molar refractivity (Wildman–Crippen MR) is 60.5 cm³/mol. The van der Waals surface area contributed by atoms with E-state index in [0.29, 0.717) is 32.2 Å². The quantitative estimate of drug-likeness (QED) is 0.604. The average molecular weight is 256 g/mol.